The molecule has 1 N–H and O–H groups in total. The summed E-state index contributed by atoms with van der Waals surface area (Å²) in [6.07, 6.45) is 3.82. The van der Waals surface area contributed by atoms with Gasteiger partial charge in [0.2, 0.25) is 5.91 Å². The zero-order valence-corrected chi connectivity index (χ0v) is 17.0. The number of hydrogen-bond acceptors (Lipinski definition) is 3. The number of halogens is 3. The van der Waals surface area contributed by atoms with Crippen molar-refractivity contribution < 1.29 is 4.79 Å². The van der Waals surface area contributed by atoms with Gasteiger partial charge in [0.25, 0.3) is 0 Å². The number of hydrogen-bond donors (Lipinski definition) is 1. The normalized spacial score (nSPS) is 10.9. The molecule has 0 saturated carbocycles. The van der Waals surface area contributed by atoms with E-state index in [0.717, 1.165) is 11.3 Å². The van der Waals surface area contributed by atoms with Gasteiger partial charge in [-0.2, -0.15) is 10.2 Å². The minimum absolute atomic E-state index is 0.129. The largest absolute Gasteiger partial charge is 0.308 e. The van der Waals surface area contributed by atoms with Crippen molar-refractivity contribution in [2.45, 2.75) is 26.4 Å². The van der Waals surface area contributed by atoms with Gasteiger partial charge >= 0.3 is 0 Å². The van der Waals surface area contributed by atoms with Crippen LogP contribution in [-0.4, -0.2) is 25.5 Å². The Balaban J connectivity index is 1.62. The summed E-state index contributed by atoms with van der Waals surface area (Å²) in [5.41, 5.74) is 1.90. The van der Waals surface area contributed by atoms with Crippen molar-refractivity contribution in [3.8, 4) is 0 Å². The van der Waals surface area contributed by atoms with Gasteiger partial charge in [-0.3, -0.25) is 14.2 Å². The van der Waals surface area contributed by atoms with Crippen molar-refractivity contribution in [1.29, 1.82) is 0 Å². The van der Waals surface area contributed by atoms with Crippen LogP contribution in [0.15, 0.2) is 41.1 Å². The number of aryl methyl sites for hydroxylation is 2. The van der Waals surface area contributed by atoms with Crippen molar-refractivity contribution in [1.82, 2.24) is 19.6 Å². The molecule has 0 radical (unpaired) electrons. The van der Waals surface area contributed by atoms with E-state index in [0.29, 0.717) is 39.8 Å². The molecule has 0 fully saturated rings. The summed E-state index contributed by atoms with van der Waals surface area (Å²) in [6.45, 7) is 2.94. The first-order chi connectivity index (χ1) is 12.4. The quantitative estimate of drug-likeness (QED) is 0.592. The molecule has 0 aliphatic carbocycles. The second kappa shape index (κ2) is 8.24. The first kappa shape index (κ1) is 18.9. The lowest BCUT2D eigenvalue weighted by Crippen LogP contribution is -2.16. The van der Waals surface area contributed by atoms with Gasteiger partial charge in [0.15, 0.2) is 5.82 Å². The van der Waals surface area contributed by atoms with E-state index >= 15 is 0 Å². The predicted octanol–water partition coefficient (Wildman–Crippen LogP) is 4.53. The summed E-state index contributed by atoms with van der Waals surface area (Å²) < 4.78 is 4.19. The Morgan fingerprint density at radius 1 is 1.31 bits per heavy atom. The molecular weight excluding hydrogens is 441 g/mol. The highest BCUT2D eigenvalue weighted by molar-refractivity contribution is 9.10. The van der Waals surface area contributed by atoms with Crippen LogP contribution in [0.25, 0.3) is 0 Å². The van der Waals surface area contributed by atoms with E-state index < -0.39 is 0 Å². The molecule has 0 aliphatic rings. The van der Waals surface area contributed by atoms with Crippen LogP contribution in [0.2, 0.25) is 10.0 Å². The van der Waals surface area contributed by atoms with Gasteiger partial charge in [0, 0.05) is 41.1 Å². The van der Waals surface area contributed by atoms with E-state index in [2.05, 4.69) is 31.4 Å². The Bertz CT molecular complexity index is 937. The third-order valence-corrected chi connectivity index (χ3v) is 4.97. The fraction of sp³-hybridized carbons (Fsp3) is 0.235. The third-order valence-electron chi connectivity index (χ3n) is 3.80. The number of rotatable bonds is 6. The Morgan fingerprint density at radius 2 is 2.12 bits per heavy atom. The van der Waals surface area contributed by atoms with E-state index in [4.69, 9.17) is 23.2 Å². The van der Waals surface area contributed by atoms with Crippen LogP contribution in [-0.2, 0) is 17.9 Å². The first-order valence-electron chi connectivity index (χ1n) is 7.87. The number of carbonyl (C=O) groups excluding carboxylic acids is 1. The molecule has 2 aromatic heterocycles. The van der Waals surface area contributed by atoms with Crippen LogP contribution in [0.1, 0.15) is 17.7 Å². The molecule has 1 aromatic carbocycles. The summed E-state index contributed by atoms with van der Waals surface area (Å²) in [7, 11) is 0. The van der Waals surface area contributed by atoms with Crippen LogP contribution in [0.4, 0.5) is 5.82 Å². The molecule has 1 amide bonds. The lowest BCUT2D eigenvalue weighted by Gasteiger charge is -2.06. The summed E-state index contributed by atoms with van der Waals surface area (Å²) in [4.78, 5) is 12.2. The van der Waals surface area contributed by atoms with E-state index in [1.807, 2.05) is 19.1 Å². The van der Waals surface area contributed by atoms with Crippen LogP contribution in [0.5, 0.6) is 0 Å². The number of aromatic nitrogens is 4. The van der Waals surface area contributed by atoms with Crippen molar-refractivity contribution in [3.63, 3.8) is 0 Å². The Hall–Kier alpha value is -1.83. The number of carbonyl (C=O) groups is 1. The zero-order valence-electron chi connectivity index (χ0n) is 13.9. The van der Waals surface area contributed by atoms with E-state index in [1.165, 1.54) is 0 Å². The molecule has 26 heavy (non-hydrogen) atoms. The van der Waals surface area contributed by atoms with Crippen molar-refractivity contribution in [2.24, 2.45) is 0 Å². The molecular formula is C17H16BrCl2N5O. The summed E-state index contributed by atoms with van der Waals surface area (Å²) in [5, 5.41) is 12.5. The third kappa shape index (κ3) is 4.66. The van der Waals surface area contributed by atoms with Gasteiger partial charge in [-0.25, -0.2) is 0 Å². The van der Waals surface area contributed by atoms with Gasteiger partial charge < -0.3 is 5.32 Å². The Morgan fingerprint density at radius 3 is 2.81 bits per heavy atom. The average Bonchev–Trinajstić information content (AvgIpc) is 3.14. The molecule has 0 unspecified atom stereocenters. The second-order valence-corrected chi connectivity index (χ2v) is 7.45. The van der Waals surface area contributed by atoms with Crippen molar-refractivity contribution in [3.05, 3.63) is 62.4 Å². The highest BCUT2D eigenvalue weighted by atomic mass is 79.9. The molecule has 3 aromatic rings. The summed E-state index contributed by atoms with van der Waals surface area (Å²) >= 11 is 15.5. The molecule has 9 heteroatoms. The van der Waals surface area contributed by atoms with Crippen LogP contribution in [0, 0.1) is 6.92 Å². The number of amides is 1. The lowest BCUT2D eigenvalue weighted by atomic mass is 10.2. The fourth-order valence-corrected chi connectivity index (χ4v) is 3.31. The van der Waals surface area contributed by atoms with Gasteiger partial charge in [-0.05, 0) is 46.6 Å². The van der Waals surface area contributed by atoms with E-state index in [-0.39, 0.29) is 5.91 Å². The second-order valence-electron chi connectivity index (χ2n) is 5.75. The predicted molar refractivity (Wildman–Crippen MR) is 106 cm³/mol. The molecule has 3 rings (SSSR count). The maximum atomic E-state index is 12.2. The minimum Gasteiger partial charge on any atom is -0.308 e. The van der Waals surface area contributed by atoms with Crippen LogP contribution in [0.3, 0.4) is 0 Å². The SMILES string of the molecule is Cc1ccnn1CCC(=O)Nc1nn(Cc2ccc(Cl)cc2Cl)cc1Br. The monoisotopic (exact) mass is 455 g/mol. The maximum Gasteiger partial charge on any atom is 0.227 e. The molecule has 6 nitrogen and oxygen atoms in total. The average molecular weight is 457 g/mol. The molecule has 0 atom stereocenters. The molecule has 0 bridgehead atoms. The number of anilines is 1. The first-order valence-corrected chi connectivity index (χ1v) is 9.42. The highest BCUT2D eigenvalue weighted by Gasteiger charge is 2.12. The van der Waals surface area contributed by atoms with Crippen molar-refractivity contribution in [2.75, 3.05) is 5.32 Å². The smallest absolute Gasteiger partial charge is 0.227 e. The molecule has 0 aliphatic heterocycles. The van der Waals surface area contributed by atoms with Crippen LogP contribution < -0.4 is 5.32 Å². The summed E-state index contributed by atoms with van der Waals surface area (Å²) in [5.74, 6) is 0.340. The lowest BCUT2D eigenvalue weighted by molar-refractivity contribution is -0.116. The number of benzene rings is 1. The zero-order chi connectivity index (χ0) is 18.7. The maximum absolute atomic E-state index is 12.2. The van der Waals surface area contributed by atoms with Gasteiger partial charge in [0.05, 0.1) is 11.0 Å². The number of nitrogens with one attached hydrogen (secondary N) is 1. The van der Waals surface area contributed by atoms with E-state index in [1.54, 1.807) is 33.9 Å². The molecule has 0 spiro atoms. The Labute approximate surface area is 169 Å². The van der Waals surface area contributed by atoms with Crippen molar-refractivity contribution >= 4 is 50.9 Å². The molecule has 0 saturated heterocycles. The highest BCUT2D eigenvalue weighted by Crippen LogP contribution is 2.24. The minimum atomic E-state index is -0.129. The summed E-state index contributed by atoms with van der Waals surface area (Å²) in [6, 6.07) is 7.22. The molecule has 136 valence electrons. The fourth-order valence-electron chi connectivity index (χ4n) is 2.42. The topological polar surface area (TPSA) is 64.7 Å². The Kier molecular flexibility index (Phi) is 6.01. The standard InChI is InChI=1S/C17H16BrCl2N5O/c1-11-4-6-21-25(11)7-5-16(26)22-17-14(18)10-24(23-17)9-12-2-3-13(19)8-15(12)20/h2-4,6,8,10H,5,7,9H2,1H3,(H,22,23,26). The van der Waals surface area contributed by atoms with Crippen LogP contribution >= 0.6 is 39.1 Å². The van der Waals surface area contributed by atoms with Gasteiger partial charge in [-0.15, -0.1) is 0 Å². The van der Waals surface area contributed by atoms with E-state index in [9.17, 15) is 4.79 Å². The molecule has 2 heterocycles. The number of nitrogens with zero attached hydrogens (tertiary/aromatic N) is 4. The van der Waals surface area contributed by atoms with Gasteiger partial charge in [0.1, 0.15) is 0 Å². The van der Waals surface area contributed by atoms with Gasteiger partial charge in [-0.1, -0.05) is 29.3 Å².